The molecule has 2 rings (SSSR count). The van der Waals surface area contributed by atoms with Gasteiger partial charge in [-0.3, -0.25) is 9.79 Å². The summed E-state index contributed by atoms with van der Waals surface area (Å²) in [4.78, 5) is 15.5. The summed E-state index contributed by atoms with van der Waals surface area (Å²) in [5, 5.41) is 0. The largest absolute Gasteiger partial charge is 0.317 e. The van der Waals surface area contributed by atoms with Gasteiger partial charge in [-0.2, -0.15) is 0 Å². The van der Waals surface area contributed by atoms with Gasteiger partial charge in [-0.1, -0.05) is 0 Å². The molecule has 12 heavy (non-hydrogen) atoms. The van der Waals surface area contributed by atoms with Crippen LogP contribution in [0.2, 0.25) is 0 Å². The number of aromatic nitrogens is 1. The number of aryl methyl sites for hydroxylation is 1. The Balaban J connectivity index is 2.83. The number of rotatable bonds is 0. The maximum absolute atomic E-state index is 11.5. The average molecular weight is 227 g/mol. The Hall–Kier alpha value is -0.900. The topological polar surface area (TPSA) is 34.4 Å². The molecular formula is C8H7BrN2O. The average Bonchev–Trinajstić information content (AvgIpc) is 2.48. The predicted molar refractivity (Wildman–Crippen MR) is 50.7 cm³/mol. The van der Waals surface area contributed by atoms with E-state index in [2.05, 4.69) is 20.9 Å². The maximum atomic E-state index is 11.5. The van der Waals surface area contributed by atoms with Gasteiger partial charge in [0.1, 0.15) is 0 Å². The van der Waals surface area contributed by atoms with E-state index in [-0.39, 0.29) is 5.56 Å². The Morgan fingerprint density at radius 2 is 2.42 bits per heavy atom. The lowest BCUT2D eigenvalue weighted by Crippen LogP contribution is -2.21. The van der Waals surface area contributed by atoms with Gasteiger partial charge in [0.15, 0.2) is 0 Å². The van der Waals surface area contributed by atoms with Crippen molar-refractivity contribution >= 4 is 22.1 Å². The first-order valence-corrected chi connectivity index (χ1v) is 4.37. The van der Waals surface area contributed by atoms with Crippen molar-refractivity contribution in [3.63, 3.8) is 0 Å². The zero-order valence-corrected chi connectivity index (χ0v) is 8.13. The molecule has 0 atom stereocenters. The second-order valence-electron chi connectivity index (χ2n) is 2.76. The maximum Gasteiger partial charge on any atom is 0.256 e. The van der Waals surface area contributed by atoms with Crippen LogP contribution in [0.15, 0.2) is 20.5 Å². The van der Waals surface area contributed by atoms with Crippen LogP contribution < -0.4 is 5.56 Å². The summed E-state index contributed by atoms with van der Waals surface area (Å²) in [6.45, 7) is 0.515. The van der Waals surface area contributed by atoms with E-state index in [1.165, 1.54) is 0 Å². The van der Waals surface area contributed by atoms with Crippen molar-refractivity contribution in [2.75, 3.05) is 0 Å². The predicted octanol–water partition coefficient (Wildman–Crippen LogP) is 1.08. The Labute approximate surface area is 77.9 Å². The molecule has 0 bridgehead atoms. The van der Waals surface area contributed by atoms with Gasteiger partial charge in [0, 0.05) is 35.1 Å². The first-order valence-electron chi connectivity index (χ1n) is 3.58. The molecule has 0 fully saturated rings. The van der Waals surface area contributed by atoms with Crippen molar-refractivity contribution < 1.29 is 0 Å². The molecule has 0 amide bonds. The van der Waals surface area contributed by atoms with Crippen LogP contribution in [-0.4, -0.2) is 10.8 Å². The van der Waals surface area contributed by atoms with E-state index < -0.39 is 0 Å². The summed E-state index contributed by atoms with van der Waals surface area (Å²) < 4.78 is 2.50. The lowest BCUT2D eigenvalue weighted by Gasteiger charge is -2.02. The summed E-state index contributed by atoms with van der Waals surface area (Å²) in [5.41, 5.74) is 1.76. The summed E-state index contributed by atoms with van der Waals surface area (Å²) in [6.07, 6.45) is 3.50. The van der Waals surface area contributed by atoms with Crippen molar-refractivity contribution in [2.24, 2.45) is 12.0 Å². The Morgan fingerprint density at radius 1 is 1.67 bits per heavy atom. The molecule has 4 heteroatoms. The van der Waals surface area contributed by atoms with Gasteiger partial charge in [-0.15, -0.1) is 0 Å². The summed E-state index contributed by atoms with van der Waals surface area (Å²) in [5.74, 6) is 0. The lowest BCUT2D eigenvalue weighted by atomic mass is 10.2. The molecule has 0 unspecified atom stereocenters. The minimum absolute atomic E-state index is 0.0469. The number of hydrogen-bond acceptors (Lipinski definition) is 2. The van der Waals surface area contributed by atoms with Crippen molar-refractivity contribution in [1.29, 1.82) is 0 Å². The van der Waals surface area contributed by atoms with Crippen molar-refractivity contribution in [3.05, 3.63) is 32.2 Å². The molecule has 0 aliphatic carbocycles. The molecule has 0 saturated carbocycles. The Morgan fingerprint density at radius 3 is 3.17 bits per heavy atom. The highest BCUT2D eigenvalue weighted by Crippen LogP contribution is 2.19. The van der Waals surface area contributed by atoms with Crippen LogP contribution in [0.4, 0.5) is 0 Å². The van der Waals surface area contributed by atoms with E-state index in [1.807, 2.05) is 0 Å². The molecule has 0 aromatic carbocycles. The molecular weight excluding hydrogens is 220 g/mol. The van der Waals surface area contributed by atoms with Crippen LogP contribution in [0, 0.1) is 0 Å². The monoisotopic (exact) mass is 226 g/mol. The van der Waals surface area contributed by atoms with E-state index in [4.69, 9.17) is 0 Å². The Kier molecular flexibility index (Phi) is 1.65. The van der Waals surface area contributed by atoms with E-state index in [0.717, 1.165) is 15.6 Å². The van der Waals surface area contributed by atoms with Crippen LogP contribution >= 0.6 is 15.9 Å². The molecule has 2 heterocycles. The first kappa shape index (κ1) is 7.73. The van der Waals surface area contributed by atoms with Crippen LogP contribution in [0.5, 0.6) is 0 Å². The second-order valence-corrected chi connectivity index (χ2v) is 3.61. The van der Waals surface area contributed by atoms with Gasteiger partial charge >= 0.3 is 0 Å². The third-order valence-corrected chi connectivity index (χ3v) is 2.57. The number of aliphatic imine (C=N–C) groups is 1. The van der Waals surface area contributed by atoms with Gasteiger partial charge < -0.3 is 4.57 Å². The van der Waals surface area contributed by atoms with E-state index >= 15 is 0 Å². The fourth-order valence-corrected chi connectivity index (χ4v) is 1.94. The molecule has 1 aliphatic rings. The van der Waals surface area contributed by atoms with Gasteiger partial charge in [0.25, 0.3) is 5.56 Å². The normalized spacial score (nSPS) is 13.5. The van der Waals surface area contributed by atoms with Crippen molar-refractivity contribution in [1.82, 2.24) is 4.57 Å². The molecule has 0 N–H and O–H groups in total. The van der Waals surface area contributed by atoms with Crippen molar-refractivity contribution in [2.45, 2.75) is 6.54 Å². The van der Waals surface area contributed by atoms with E-state index in [9.17, 15) is 4.79 Å². The van der Waals surface area contributed by atoms with Crippen LogP contribution in [-0.2, 0) is 13.6 Å². The third kappa shape index (κ3) is 0.948. The zero-order valence-electron chi connectivity index (χ0n) is 6.54. The van der Waals surface area contributed by atoms with Gasteiger partial charge in [0.2, 0.25) is 0 Å². The quantitative estimate of drug-likeness (QED) is 0.653. The third-order valence-electron chi connectivity index (χ3n) is 1.94. The molecule has 1 aliphatic heterocycles. The van der Waals surface area contributed by atoms with Crippen LogP contribution in [0.3, 0.4) is 0 Å². The number of hydrogen-bond donors (Lipinski definition) is 0. The van der Waals surface area contributed by atoms with Gasteiger partial charge in [-0.05, 0) is 15.9 Å². The fourth-order valence-electron chi connectivity index (χ4n) is 1.29. The molecule has 0 spiro atoms. The number of pyridine rings is 1. The summed E-state index contributed by atoms with van der Waals surface area (Å²) in [6, 6.07) is 0. The second kappa shape index (κ2) is 2.55. The summed E-state index contributed by atoms with van der Waals surface area (Å²) in [7, 11) is 1.74. The van der Waals surface area contributed by atoms with E-state index in [1.54, 1.807) is 24.0 Å². The molecule has 3 nitrogen and oxygen atoms in total. The Bertz CT molecular complexity index is 420. The van der Waals surface area contributed by atoms with Crippen LogP contribution in [0.1, 0.15) is 11.1 Å². The lowest BCUT2D eigenvalue weighted by molar-refractivity contribution is 0.831. The first-order chi connectivity index (χ1) is 5.70. The van der Waals surface area contributed by atoms with Crippen molar-refractivity contribution in [3.8, 4) is 0 Å². The smallest absolute Gasteiger partial charge is 0.256 e. The van der Waals surface area contributed by atoms with E-state index in [0.29, 0.717) is 6.54 Å². The minimum atomic E-state index is 0.0469. The number of fused-ring (bicyclic) bond motifs is 1. The molecule has 0 saturated heterocycles. The zero-order chi connectivity index (χ0) is 8.72. The minimum Gasteiger partial charge on any atom is -0.317 e. The number of halogens is 1. The standard InChI is InChI=1S/C8H7BrN2O/c1-11-4-7(9)5-2-10-3-6(5)8(11)12/h2,4H,3H2,1H3. The highest BCUT2D eigenvalue weighted by atomic mass is 79.9. The molecule has 0 radical (unpaired) electrons. The highest BCUT2D eigenvalue weighted by molar-refractivity contribution is 9.10. The molecule has 1 aromatic heterocycles. The van der Waals surface area contributed by atoms with Gasteiger partial charge in [0.05, 0.1) is 6.54 Å². The highest BCUT2D eigenvalue weighted by Gasteiger charge is 2.14. The summed E-state index contributed by atoms with van der Waals surface area (Å²) >= 11 is 3.38. The SMILES string of the molecule is Cn1cc(Br)c2c(c1=O)CN=C2. The number of nitrogens with zero attached hydrogens (tertiary/aromatic N) is 2. The van der Waals surface area contributed by atoms with Crippen LogP contribution in [0.25, 0.3) is 0 Å². The molecule has 1 aromatic rings. The fraction of sp³-hybridized carbons (Fsp3) is 0.250. The molecule has 62 valence electrons. The van der Waals surface area contributed by atoms with Gasteiger partial charge in [-0.25, -0.2) is 0 Å².